The predicted molar refractivity (Wildman–Crippen MR) is 163 cm³/mol. The van der Waals surface area contributed by atoms with Crippen LogP contribution in [0.25, 0.3) is 11.0 Å². The van der Waals surface area contributed by atoms with E-state index in [-0.39, 0.29) is 41.4 Å². The summed E-state index contributed by atoms with van der Waals surface area (Å²) in [5.41, 5.74) is 14.0. The number of anilines is 3. The molecular formula is C29H36ClN10O3+. The van der Waals surface area contributed by atoms with Crippen LogP contribution in [-0.2, 0) is 30.8 Å². The van der Waals surface area contributed by atoms with E-state index in [2.05, 4.69) is 29.7 Å². The van der Waals surface area contributed by atoms with Crippen molar-refractivity contribution in [2.45, 2.75) is 46.0 Å². The molecule has 0 spiro atoms. The highest BCUT2D eigenvalue weighted by atomic mass is 35.5. The number of hydrogen-bond donors (Lipinski definition) is 4. The molecule has 6 N–H and O–H groups in total. The first kappa shape index (κ1) is 30.0. The number of aryl methyl sites for hydroxylation is 1. The average Bonchev–Trinajstić information content (AvgIpc) is 3.28. The molecule has 1 aliphatic heterocycles. The van der Waals surface area contributed by atoms with Crippen molar-refractivity contribution in [3.8, 4) is 0 Å². The third-order valence-electron chi connectivity index (χ3n) is 7.50. The number of carbonyl (C=O) groups is 2. The molecule has 1 aliphatic rings. The van der Waals surface area contributed by atoms with Crippen molar-refractivity contribution in [1.82, 2.24) is 29.7 Å². The van der Waals surface area contributed by atoms with Crippen molar-refractivity contribution in [1.29, 1.82) is 0 Å². The Labute approximate surface area is 254 Å². The number of piperazine rings is 1. The van der Waals surface area contributed by atoms with E-state index in [1.54, 1.807) is 13.1 Å². The largest absolute Gasteiger partial charge is 0.389 e. The van der Waals surface area contributed by atoms with E-state index in [4.69, 9.17) is 23.1 Å². The number of benzene rings is 1. The molecule has 1 fully saturated rings. The number of halogens is 1. The molecule has 43 heavy (non-hydrogen) atoms. The number of imidazole rings is 1. The molecule has 13 nitrogen and oxygen atoms in total. The molecule has 14 heteroatoms. The number of nitrogens with two attached hydrogens (primary N) is 2. The Morgan fingerprint density at radius 2 is 1.88 bits per heavy atom. The van der Waals surface area contributed by atoms with Gasteiger partial charge in [-0.15, -0.1) is 0 Å². The number of aliphatic hydroxyl groups is 1. The maximum Gasteiger partial charge on any atom is 0.277 e. The quantitative estimate of drug-likeness (QED) is 0.204. The van der Waals surface area contributed by atoms with Gasteiger partial charge in [-0.1, -0.05) is 23.7 Å². The van der Waals surface area contributed by atoms with Crippen molar-refractivity contribution in [3.63, 3.8) is 0 Å². The average molecular weight is 608 g/mol. The van der Waals surface area contributed by atoms with Gasteiger partial charge in [0, 0.05) is 32.4 Å². The Balaban J connectivity index is 1.35. The van der Waals surface area contributed by atoms with Crippen molar-refractivity contribution in [2.75, 3.05) is 42.5 Å². The summed E-state index contributed by atoms with van der Waals surface area (Å²) >= 11 is 5.96. The Kier molecular flexibility index (Phi) is 8.92. The Morgan fingerprint density at radius 3 is 2.56 bits per heavy atom. The summed E-state index contributed by atoms with van der Waals surface area (Å²) in [7, 11) is 0. The van der Waals surface area contributed by atoms with Gasteiger partial charge in [-0.25, -0.2) is 24.1 Å². The van der Waals surface area contributed by atoms with Crippen LogP contribution in [0.4, 0.5) is 17.5 Å². The van der Waals surface area contributed by atoms with Crippen LogP contribution in [-0.4, -0.2) is 73.6 Å². The predicted octanol–water partition coefficient (Wildman–Crippen LogP) is 1.15. The van der Waals surface area contributed by atoms with Gasteiger partial charge in [-0.05, 0) is 43.7 Å². The van der Waals surface area contributed by atoms with Crippen molar-refractivity contribution in [2.24, 2.45) is 0 Å². The summed E-state index contributed by atoms with van der Waals surface area (Å²) in [5, 5.41) is 13.0. The van der Waals surface area contributed by atoms with Crippen LogP contribution >= 0.6 is 11.6 Å². The van der Waals surface area contributed by atoms with Crippen LogP contribution in [0.15, 0.2) is 42.6 Å². The topological polar surface area (TPSA) is 172 Å². The monoisotopic (exact) mass is 607 g/mol. The van der Waals surface area contributed by atoms with Gasteiger partial charge in [0.15, 0.2) is 33.5 Å². The summed E-state index contributed by atoms with van der Waals surface area (Å²) in [6.45, 7) is 7.46. The lowest BCUT2D eigenvalue weighted by molar-refractivity contribution is -0.686. The molecule has 1 saturated heterocycles. The van der Waals surface area contributed by atoms with E-state index in [0.717, 1.165) is 41.3 Å². The summed E-state index contributed by atoms with van der Waals surface area (Å²) in [5.74, 6) is 1.01. The first-order valence-electron chi connectivity index (χ1n) is 14.2. The van der Waals surface area contributed by atoms with Crippen LogP contribution in [0.1, 0.15) is 35.7 Å². The van der Waals surface area contributed by atoms with Gasteiger partial charge in [0.2, 0.25) is 5.91 Å². The highest BCUT2D eigenvalue weighted by molar-refractivity contribution is 6.31. The molecule has 2 amide bonds. The number of amides is 2. The number of carbonyl (C=O) groups excluding carboxylic acids is 2. The van der Waals surface area contributed by atoms with E-state index >= 15 is 0 Å². The number of aromatic nitrogens is 5. The lowest BCUT2D eigenvalue weighted by atomic mass is 10.1. The minimum atomic E-state index is -0.640. The zero-order valence-corrected chi connectivity index (χ0v) is 25.0. The Bertz CT molecular complexity index is 1640. The number of rotatable bonds is 9. The van der Waals surface area contributed by atoms with Crippen LogP contribution in [0.2, 0.25) is 5.15 Å². The van der Waals surface area contributed by atoms with E-state index in [1.807, 2.05) is 52.8 Å². The normalized spacial score (nSPS) is 14.2. The number of fused-ring (bicyclic) bond motifs is 1. The lowest BCUT2D eigenvalue weighted by Crippen LogP contribution is -2.49. The summed E-state index contributed by atoms with van der Waals surface area (Å²) < 4.78 is 4.03. The van der Waals surface area contributed by atoms with E-state index in [9.17, 15) is 14.7 Å². The number of hydrogen-bond acceptors (Lipinski definition) is 9. The van der Waals surface area contributed by atoms with E-state index in [0.29, 0.717) is 26.2 Å². The van der Waals surface area contributed by atoms with Crippen molar-refractivity contribution in [3.05, 3.63) is 64.8 Å². The van der Waals surface area contributed by atoms with Crippen LogP contribution in [0.5, 0.6) is 0 Å². The van der Waals surface area contributed by atoms with Gasteiger partial charge >= 0.3 is 0 Å². The second kappa shape index (κ2) is 12.8. The number of nitrogen functional groups attached to an aromatic ring is 2. The van der Waals surface area contributed by atoms with Crippen molar-refractivity contribution >= 4 is 51.9 Å². The molecule has 0 unspecified atom stereocenters. The maximum atomic E-state index is 13.3. The zero-order chi connectivity index (χ0) is 30.7. The zero-order valence-electron chi connectivity index (χ0n) is 24.2. The smallest absolute Gasteiger partial charge is 0.277 e. The fraction of sp³-hybridized carbons (Fsp3) is 0.379. The minimum Gasteiger partial charge on any atom is -0.389 e. The first-order valence-corrected chi connectivity index (χ1v) is 14.6. The lowest BCUT2D eigenvalue weighted by Gasteiger charge is -2.35. The summed E-state index contributed by atoms with van der Waals surface area (Å²) in [6.07, 6.45) is 1.41. The van der Waals surface area contributed by atoms with E-state index < -0.39 is 12.0 Å². The van der Waals surface area contributed by atoms with Gasteiger partial charge in [0.25, 0.3) is 11.7 Å². The van der Waals surface area contributed by atoms with Gasteiger partial charge in [0.05, 0.1) is 19.1 Å². The van der Waals surface area contributed by atoms with Crippen molar-refractivity contribution < 1.29 is 19.3 Å². The summed E-state index contributed by atoms with van der Waals surface area (Å²) in [4.78, 5) is 42.6. The van der Waals surface area contributed by atoms with Crippen LogP contribution in [0, 0.1) is 0 Å². The van der Waals surface area contributed by atoms with Crippen LogP contribution in [0.3, 0.4) is 0 Å². The molecular weight excluding hydrogens is 572 g/mol. The second-order valence-corrected chi connectivity index (χ2v) is 10.8. The van der Waals surface area contributed by atoms with Gasteiger partial charge in [-0.2, -0.15) is 0 Å². The third-order valence-corrected chi connectivity index (χ3v) is 7.77. The molecule has 4 heterocycles. The Hall–Kier alpha value is -4.49. The number of nitrogens with one attached hydrogen (secondary N) is 1. The third kappa shape index (κ3) is 6.47. The Morgan fingerprint density at radius 1 is 1.12 bits per heavy atom. The standard InChI is InChI=1S/C29H35ClN10O3/c1-3-39-21-14-19(15-24(42)38-12-10-37(11-13-38)22-6-4-5-9-33-22)7-8-20(21)40(17-18(2)41)23(39)16-34-29(43)25-27(31)36-28(32)26(30)35-25/h4-9,14,18,41H,3,10-13,15-17H2,1-2H3,(H4-,31,32,34,36,43)/p+1/t18-/m0/s1. The fourth-order valence-corrected chi connectivity index (χ4v) is 5.55. The molecule has 5 rings (SSSR count). The van der Waals surface area contributed by atoms with Gasteiger partial charge < -0.3 is 31.7 Å². The fourth-order valence-electron chi connectivity index (χ4n) is 5.42. The highest BCUT2D eigenvalue weighted by Crippen LogP contribution is 2.21. The van der Waals surface area contributed by atoms with E-state index in [1.165, 1.54) is 0 Å². The SMILES string of the molecule is CCn1c(CNC(=O)c2nc(Cl)c(N)nc2N)[n+](C[C@H](C)O)c2ccc(CC(=O)N3CCN(c4ccccn4)CC3)cc21. The number of aliphatic hydroxyl groups excluding tert-OH is 1. The molecule has 4 aromatic rings. The van der Waals surface area contributed by atoms with Gasteiger partial charge in [-0.3, -0.25) is 9.59 Å². The van der Waals surface area contributed by atoms with Gasteiger partial charge in [0.1, 0.15) is 18.9 Å². The molecule has 0 bridgehead atoms. The molecule has 226 valence electrons. The second-order valence-electron chi connectivity index (χ2n) is 10.5. The minimum absolute atomic E-state index is 0.0577. The molecule has 0 radical (unpaired) electrons. The maximum absolute atomic E-state index is 13.3. The first-order chi connectivity index (χ1) is 20.7. The molecule has 0 aliphatic carbocycles. The number of nitrogens with zero attached hydrogens (tertiary/aromatic N) is 7. The molecule has 1 aromatic carbocycles. The molecule has 0 saturated carbocycles. The highest BCUT2D eigenvalue weighted by Gasteiger charge is 2.28. The molecule has 3 aromatic heterocycles. The van der Waals surface area contributed by atoms with Crippen LogP contribution < -0.4 is 26.3 Å². The molecule has 1 atom stereocenters. The summed E-state index contributed by atoms with van der Waals surface area (Å²) in [6, 6.07) is 11.7. The number of pyridine rings is 1.